The smallest absolute Gasteiger partial charge is 0.119 e. The number of halogens is 1. The highest BCUT2D eigenvalue weighted by Crippen LogP contribution is 2.34. The summed E-state index contributed by atoms with van der Waals surface area (Å²) in [4.78, 5) is 2.10. The summed E-state index contributed by atoms with van der Waals surface area (Å²) < 4.78 is 0. The number of aromatic nitrogens is 3. The van der Waals surface area contributed by atoms with E-state index in [4.69, 9.17) is 11.6 Å². The van der Waals surface area contributed by atoms with Crippen molar-refractivity contribution in [2.75, 3.05) is 0 Å². The Balaban J connectivity index is 2.69. The Morgan fingerprint density at radius 3 is 2.57 bits per heavy atom. The van der Waals surface area contributed by atoms with E-state index in [1.807, 2.05) is 6.07 Å². The van der Waals surface area contributed by atoms with E-state index in [1.165, 1.54) is 4.88 Å². The standard InChI is InChI=1S/C9H10ClN3S/c1-9(2,3)6-4-5-7(10)11-13-12-8(5)14-6/h4H,1-3H3. The molecule has 2 aromatic heterocycles. The van der Waals surface area contributed by atoms with E-state index in [-0.39, 0.29) is 5.41 Å². The van der Waals surface area contributed by atoms with Crippen molar-refractivity contribution in [1.82, 2.24) is 15.4 Å². The van der Waals surface area contributed by atoms with Gasteiger partial charge in [-0.3, -0.25) is 0 Å². The topological polar surface area (TPSA) is 38.7 Å². The molecule has 0 aliphatic rings. The van der Waals surface area contributed by atoms with Crippen LogP contribution in [0, 0.1) is 0 Å². The number of thiophene rings is 1. The van der Waals surface area contributed by atoms with Crippen LogP contribution in [0.5, 0.6) is 0 Å². The molecule has 0 radical (unpaired) electrons. The minimum Gasteiger partial charge on any atom is -0.119 e. The SMILES string of the molecule is CC(C)(C)c1cc2c(Cl)nnnc2s1. The normalized spacial score (nSPS) is 12.3. The zero-order valence-electron chi connectivity index (χ0n) is 8.21. The lowest BCUT2D eigenvalue weighted by Crippen LogP contribution is -2.07. The fourth-order valence-corrected chi connectivity index (χ4v) is 2.40. The molecule has 2 rings (SSSR count). The zero-order valence-corrected chi connectivity index (χ0v) is 9.78. The van der Waals surface area contributed by atoms with Gasteiger partial charge in [0.15, 0.2) is 9.98 Å². The molecule has 0 saturated heterocycles. The molecule has 0 atom stereocenters. The van der Waals surface area contributed by atoms with Gasteiger partial charge in [0.1, 0.15) is 0 Å². The van der Waals surface area contributed by atoms with Gasteiger partial charge in [0.25, 0.3) is 0 Å². The highest BCUT2D eigenvalue weighted by atomic mass is 35.5. The monoisotopic (exact) mass is 227 g/mol. The van der Waals surface area contributed by atoms with Crippen LogP contribution in [-0.4, -0.2) is 15.4 Å². The third kappa shape index (κ3) is 1.60. The number of rotatable bonds is 0. The maximum atomic E-state index is 5.91. The van der Waals surface area contributed by atoms with Crippen molar-refractivity contribution in [1.29, 1.82) is 0 Å². The van der Waals surface area contributed by atoms with Gasteiger partial charge in [-0.15, -0.1) is 21.5 Å². The van der Waals surface area contributed by atoms with Crippen LogP contribution < -0.4 is 0 Å². The summed E-state index contributed by atoms with van der Waals surface area (Å²) in [6, 6.07) is 2.05. The van der Waals surface area contributed by atoms with E-state index in [1.54, 1.807) is 11.3 Å². The van der Waals surface area contributed by atoms with Crippen LogP contribution in [-0.2, 0) is 5.41 Å². The van der Waals surface area contributed by atoms with Gasteiger partial charge in [-0.2, -0.15) is 0 Å². The Morgan fingerprint density at radius 2 is 2.00 bits per heavy atom. The number of hydrogen-bond acceptors (Lipinski definition) is 4. The van der Waals surface area contributed by atoms with Crippen LogP contribution in [0.25, 0.3) is 10.2 Å². The van der Waals surface area contributed by atoms with Gasteiger partial charge in [-0.25, -0.2) is 0 Å². The average Bonchev–Trinajstić information content (AvgIpc) is 2.48. The van der Waals surface area contributed by atoms with Gasteiger partial charge in [0.05, 0.1) is 5.39 Å². The van der Waals surface area contributed by atoms with Crippen molar-refractivity contribution in [2.45, 2.75) is 26.2 Å². The Morgan fingerprint density at radius 1 is 1.29 bits per heavy atom. The van der Waals surface area contributed by atoms with Gasteiger partial charge in [-0.05, 0) is 16.7 Å². The predicted octanol–water partition coefficient (Wildman–Crippen LogP) is 3.04. The van der Waals surface area contributed by atoms with Crippen molar-refractivity contribution in [3.8, 4) is 0 Å². The van der Waals surface area contributed by atoms with Gasteiger partial charge in [0.2, 0.25) is 0 Å². The van der Waals surface area contributed by atoms with Crippen molar-refractivity contribution < 1.29 is 0 Å². The number of nitrogens with zero attached hydrogens (tertiary/aromatic N) is 3. The van der Waals surface area contributed by atoms with Crippen molar-refractivity contribution in [2.24, 2.45) is 0 Å². The van der Waals surface area contributed by atoms with Crippen LogP contribution >= 0.6 is 22.9 Å². The summed E-state index contributed by atoms with van der Waals surface area (Å²) in [6.45, 7) is 6.48. The fraction of sp³-hybridized carbons (Fsp3) is 0.444. The maximum absolute atomic E-state index is 5.91. The van der Waals surface area contributed by atoms with Crippen molar-refractivity contribution >= 4 is 33.2 Å². The van der Waals surface area contributed by atoms with Crippen molar-refractivity contribution in [3.63, 3.8) is 0 Å². The van der Waals surface area contributed by atoms with Crippen LogP contribution in [0.3, 0.4) is 0 Å². The molecule has 0 saturated carbocycles. The van der Waals surface area contributed by atoms with Gasteiger partial charge >= 0.3 is 0 Å². The molecule has 0 aliphatic carbocycles. The molecule has 5 heteroatoms. The van der Waals surface area contributed by atoms with Gasteiger partial charge in [-0.1, -0.05) is 32.4 Å². The Bertz CT molecular complexity index is 472. The fourth-order valence-electron chi connectivity index (χ4n) is 1.13. The third-order valence-electron chi connectivity index (χ3n) is 1.94. The first-order valence-electron chi connectivity index (χ1n) is 4.27. The molecule has 0 unspecified atom stereocenters. The summed E-state index contributed by atoms with van der Waals surface area (Å²) >= 11 is 7.53. The molecule has 3 nitrogen and oxygen atoms in total. The first-order valence-corrected chi connectivity index (χ1v) is 5.47. The van der Waals surface area contributed by atoms with Crippen LogP contribution in [0.2, 0.25) is 5.15 Å². The molecule has 0 N–H and O–H groups in total. The van der Waals surface area contributed by atoms with Crippen LogP contribution in [0.4, 0.5) is 0 Å². The Hall–Kier alpha value is -0.740. The Kier molecular flexibility index (Phi) is 2.20. The van der Waals surface area contributed by atoms with E-state index in [2.05, 4.69) is 36.2 Å². The molecule has 0 spiro atoms. The largest absolute Gasteiger partial charge is 0.163 e. The second-order valence-corrected chi connectivity index (χ2v) is 5.55. The Labute approximate surface area is 91.1 Å². The molecule has 0 bridgehead atoms. The number of fused-ring (bicyclic) bond motifs is 1. The molecule has 0 aliphatic heterocycles. The van der Waals surface area contributed by atoms with Crippen LogP contribution in [0.15, 0.2) is 6.07 Å². The molecular formula is C9H10ClN3S. The second-order valence-electron chi connectivity index (χ2n) is 4.16. The second kappa shape index (κ2) is 3.14. The molecule has 2 aromatic rings. The van der Waals surface area contributed by atoms with E-state index in [0.717, 1.165) is 10.2 Å². The first-order chi connectivity index (χ1) is 6.48. The highest BCUT2D eigenvalue weighted by Gasteiger charge is 2.18. The third-order valence-corrected chi connectivity index (χ3v) is 3.67. The lowest BCUT2D eigenvalue weighted by Gasteiger charge is -2.14. The summed E-state index contributed by atoms with van der Waals surface area (Å²) in [7, 11) is 0. The van der Waals surface area contributed by atoms with E-state index < -0.39 is 0 Å². The molecule has 0 aromatic carbocycles. The maximum Gasteiger partial charge on any atom is 0.163 e. The van der Waals surface area contributed by atoms with E-state index in [0.29, 0.717) is 5.15 Å². The average molecular weight is 228 g/mol. The summed E-state index contributed by atoms with van der Waals surface area (Å²) in [5, 5.41) is 12.6. The molecule has 0 fully saturated rings. The molecular weight excluding hydrogens is 218 g/mol. The minimum absolute atomic E-state index is 0.120. The van der Waals surface area contributed by atoms with E-state index >= 15 is 0 Å². The lowest BCUT2D eigenvalue weighted by molar-refractivity contribution is 0.604. The summed E-state index contributed by atoms with van der Waals surface area (Å²) in [6.07, 6.45) is 0. The van der Waals surface area contributed by atoms with Gasteiger partial charge in [0, 0.05) is 4.88 Å². The lowest BCUT2D eigenvalue weighted by atomic mass is 9.94. The summed E-state index contributed by atoms with van der Waals surface area (Å²) in [5.74, 6) is 0. The van der Waals surface area contributed by atoms with E-state index in [9.17, 15) is 0 Å². The first kappa shape index (κ1) is 9.80. The van der Waals surface area contributed by atoms with Gasteiger partial charge < -0.3 is 0 Å². The molecule has 2 heterocycles. The number of hydrogen-bond donors (Lipinski definition) is 0. The highest BCUT2D eigenvalue weighted by molar-refractivity contribution is 7.18. The zero-order chi connectivity index (χ0) is 10.3. The molecule has 74 valence electrons. The quantitative estimate of drug-likeness (QED) is 0.695. The summed E-state index contributed by atoms with van der Waals surface area (Å²) in [5.41, 5.74) is 0.120. The molecule has 0 amide bonds. The van der Waals surface area contributed by atoms with Crippen molar-refractivity contribution in [3.05, 3.63) is 16.1 Å². The minimum atomic E-state index is 0.120. The van der Waals surface area contributed by atoms with Crippen LogP contribution in [0.1, 0.15) is 25.6 Å². The molecule has 14 heavy (non-hydrogen) atoms. The predicted molar refractivity (Wildman–Crippen MR) is 58.9 cm³/mol.